The fourth-order valence-corrected chi connectivity index (χ4v) is 2.59. The SMILES string of the molecule is CCCOc1c(CN2CCOC(C(F)F)C2)cccc1OCC. The molecule has 1 atom stereocenters. The zero-order chi connectivity index (χ0) is 16.7. The van der Waals surface area contributed by atoms with E-state index in [9.17, 15) is 8.78 Å². The lowest BCUT2D eigenvalue weighted by molar-refractivity contribution is -0.104. The first-order chi connectivity index (χ1) is 11.2. The molecule has 1 unspecified atom stereocenters. The van der Waals surface area contributed by atoms with Gasteiger partial charge in [0.15, 0.2) is 11.5 Å². The van der Waals surface area contributed by atoms with Crippen LogP contribution >= 0.6 is 0 Å². The van der Waals surface area contributed by atoms with Gasteiger partial charge >= 0.3 is 0 Å². The van der Waals surface area contributed by atoms with E-state index in [1.807, 2.05) is 36.9 Å². The van der Waals surface area contributed by atoms with E-state index in [4.69, 9.17) is 14.2 Å². The third-order valence-corrected chi connectivity index (χ3v) is 3.66. The van der Waals surface area contributed by atoms with E-state index in [1.165, 1.54) is 0 Å². The fraction of sp³-hybridized carbons (Fsp3) is 0.647. The molecule has 1 saturated heterocycles. The van der Waals surface area contributed by atoms with E-state index < -0.39 is 12.5 Å². The van der Waals surface area contributed by atoms with Crippen molar-refractivity contribution in [1.29, 1.82) is 0 Å². The van der Waals surface area contributed by atoms with Crippen molar-refractivity contribution in [3.8, 4) is 11.5 Å². The number of hydrogen-bond acceptors (Lipinski definition) is 4. The third kappa shape index (κ3) is 5.04. The topological polar surface area (TPSA) is 30.9 Å². The molecule has 0 saturated carbocycles. The monoisotopic (exact) mass is 329 g/mol. The zero-order valence-corrected chi connectivity index (χ0v) is 13.8. The molecule has 1 aromatic carbocycles. The Kier molecular flexibility index (Phi) is 7.05. The normalized spacial score (nSPS) is 19.1. The Hall–Kier alpha value is -1.40. The van der Waals surface area contributed by atoms with Crippen molar-refractivity contribution >= 4 is 0 Å². The predicted octanol–water partition coefficient (Wildman–Crippen LogP) is 3.34. The van der Waals surface area contributed by atoms with Crippen LogP contribution in [0.3, 0.4) is 0 Å². The maximum atomic E-state index is 12.8. The van der Waals surface area contributed by atoms with Gasteiger partial charge in [-0.2, -0.15) is 0 Å². The zero-order valence-electron chi connectivity index (χ0n) is 13.8. The van der Waals surface area contributed by atoms with Crippen molar-refractivity contribution in [2.45, 2.75) is 39.3 Å². The van der Waals surface area contributed by atoms with Crippen molar-refractivity contribution < 1.29 is 23.0 Å². The summed E-state index contributed by atoms with van der Waals surface area (Å²) >= 11 is 0. The summed E-state index contributed by atoms with van der Waals surface area (Å²) in [4.78, 5) is 1.98. The van der Waals surface area contributed by atoms with Crippen molar-refractivity contribution in [3.63, 3.8) is 0 Å². The molecule has 4 nitrogen and oxygen atoms in total. The maximum absolute atomic E-state index is 12.8. The summed E-state index contributed by atoms with van der Waals surface area (Å²) in [5.41, 5.74) is 0.958. The Morgan fingerprint density at radius 3 is 2.83 bits per heavy atom. The van der Waals surface area contributed by atoms with Crippen LogP contribution in [-0.2, 0) is 11.3 Å². The minimum Gasteiger partial charge on any atom is -0.490 e. The summed E-state index contributed by atoms with van der Waals surface area (Å²) in [5, 5.41) is 0. The molecule has 1 fully saturated rings. The highest BCUT2D eigenvalue weighted by molar-refractivity contribution is 5.46. The highest BCUT2D eigenvalue weighted by Crippen LogP contribution is 2.33. The van der Waals surface area contributed by atoms with E-state index in [1.54, 1.807) is 0 Å². The van der Waals surface area contributed by atoms with Gasteiger partial charge in [-0.3, -0.25) is 4.90 Å². The lowest BCUT2D eigenvalue weighted by atomic mass is 10.1. The lowest BCUT2D eigenvalue weighted by Crippen LogP contribution is -2.45. The number of hydrogen-bond donors (Lipinski definition) is 0. The van der Waals surface area contributed by atoms with Crippen LogP contribution < -0.4 is 9.47 Å². The average Bonchev–Trinajstić information content (AvgIpc) is 2.55. The van der Waals surface area contributed by atoms with Crippen LogP contribution in [0.5, 0.6) is 11.5 Å². The quantitative estimate of drug-likeness (QED) is 0.732. The first-order valence-corrected chi connectivity index (χ1v) is 8.15. The van der Waals surface area contributed by atoms with Gasteiger partial charge in [0.05, 0.1) is 19.8 Å². The Labute approximate surface area is 136 Å². The molecule has 0 spiro atoms. The molecule has 1 heterocycles. The van der Waals surface area contributed by atoms with Crippen molar-refractivity contribution in [3.05, 3.63) is 23.8 Å². The van der Waals surface area contributed by atoms with Gasteiger partial charge in [-0.1, -0.05) is 19.1 Å². The number of benzene rings is 1. The molecule has 0 aromatic heterocycles. The molecule has 1 aromatic rings. The first-order valence-electron chi connectivity index (χ1n) is 8.15. The molecule has 0 N–H and O–H groups in total. The van der Waals surface area contributed by atoms with Crippen molar-refractivity contribution in [2.75, 3.05) is 32.9 Å². The second-order valence-electron chi connectivity index (χ2n) is 5.50. The van der Waals surface area contributed by atoms with Crippen LogP contribution in [0.1, 0.15) is 25.8 Å². The van der Waals surface area contributed by atoms with E-state index in [0.717, 1.165) is 17.7 Å². The van der Waals surface area contributed by atoms with Crippen LogP contribution in [0.4, 0.5) is 8.78 Å². The average molecular weight is 329 g/mol. The second-order valence-corrected chi connectivity index (χ2v) is 5.50. The van der Waals surface area contributed by atoms with Gasteiger partial charge in [-0.15, -0.1) is 0 Å². The van der Waals surface area contributed by atoms with Gasteiger partial charge in [0.25, 0.3) is 6.43 Å². The number of morpholine rings is 1. The standard InChI is InChI=1S/C17H25F2NO3/c1-3-9-23-16-13(6-5-7-14(16)21-4-2)11-20-8-10-22-15(12-20)17(18)19/h5-7,15,17H,3-4,8-12H2,1-2H3. The Balaban J connectivity index is 2.12. The van der Waals surface area contributed by atoms with Gasteiger partial charge < -0.3 is 14.2 Å². The Bertz CT molecular complexity index is 485. The first kappa shape index (κ1) is 17.9. The molecule has 2 rings (SSSR count). The Morgan fingerprint density at radius 1 is 1.30 bits per heavy atom. The summed E-state index contributed by atoms with van der Waals surface area (Å²) < 4.78 is 42.3. The van der Waals surface area contributed by atoms with Gasteiger partial charge in [-0.05, 0) is 19.4 Å². The molecule has 130 valence electrons. The predicted molar refractivity (Wildman–Crippen MR) is 84.4 cm³/mol. The molecular weight excluding hydrogens is 304 g/mol. The van der Waals surface area contributed by atoms with Crippen LogP contribution in [0, 0.1) is 0 Å². The number of para-hydroxylation sites is 1. The number of rotatable bonds is 8. The number of alkyl halides is 2. The summed E-state index contributed by atoms with van der Waals surface area (Å²) in [5.74, 6) is 1.42. The summed E-state index contributed by atoms with van der Waals surface area (Å²) in [6.45, 7) is 6.84. The second kappa shape index (κ2) is 9.03. The van der Waals surface area contributed by atoms with Crippen LogP contribution in [0.25, 0.3) is 0 Å². The van der Waals surface area contributed by atoms with Crippen molar-refractivity contribution in [2.24, 2.45) is 0 Å². The minimum absolute atomic E-state index is 0.226. The molecular formula is C17H25F2NO3. The smallest absolute Gasteiger partial charge is 0.265 e. The van der Waals surface area contributed by atoms with Crippen LogP contribution in [0.15, 0.2) is 18.2 Å². The molecule has 0 radical (unpaired) electrons. The molecule has 0 bridgehead atoms. The van der Waals surface area contributed by atoms with E-state index in [0.29, 0.717) is 38.7 Å². The van der Waals surface area contributed by atoms with Gasteiger partial charge in [-0.25, -0.2) is 8.78 Å². The lowest BCUT2D eigenvalue weighted by Gasteiger charge is -2.32. The van der Waals surface area contributed by atoms with Crippen LogP contribution in [-0.4, -0.2) is 50.3 Å². The minimum atomic E-state index is -2.46. The third-order valence-electron chi connectivity index (χ3n) is 3.66. The summed E-state index contributed by atoms with van der Waals surface area (Å²) in [6.07, 6.45) is -2.58. The highest BCUT2D eigenvalue weighted by atomic mass is 19.3. The highest BCUT2D eigenvalue weighted by Gasteiger charge is 2.28. The van der Waals surface area contributed by atoms with E-state index in [2.05, 4.69) is 0 Å². The van der Waals surface area contributed by atoms with E-state index in [-0.39, 0.29) is 6.54 Å². The molecule has 23 heavy (non-hydrogen) atoms. The van der Waals surface area contributed by atoms with Crippen LogP contribution in [0.2, 0.25) is 0 Å². The largest absolute Gasteiger partial charge is 0.490 e. The number of nitrogens with zero attached hydrogens (tertiary/aromatic N) is 1. The van der Waals surface area contributed by atoms with Gasteiger partial charge in [0, 0.05) is 25.2 Å². The maximum Gasteiger partial charge on any atom is 0.265 e. The molecule has 6 heteroatoms. The Morgan fingerprint density at radius 2 is 2.13 bits per heavy atom. The molecule has 0 amide bonds. The fourth-order valence-electron chi connectivity index (χ4n) is 2.59. The molecule has 1 aliphatic heterocycles. The summed E-state index contributed by atoms with van der Waals surface area (Å²) in [7, 11) is 0. The summed E-state index contributed by atoms with van der Waals surface area (Å²) in [6, 6.07) is 5.74. The van der Waals surface area contributed by atoms with Gasteiger partial charge in [0.1, 0.15) is 6.10 Å². The number of halogens is 2. The molecule has 0 aliphatic carbocycles. The van der Waals surface area contributed by atoms with Crippen molar-refractivity contribution in [1.82, 2.24) is 4.90 Å². The molecule has 1 aliphatic rings. The van der Waals surface area contributed by atoms with E-state index >= 15 is 0 Å². The number of ether oxygens (including phenoxy) is 3. The van der Waals surface area contributed by atoms with Gasteiger partial charge in [0.2, 0.25) is 0 Å².